The van der Waals surface area contributed by atoms with Gasteiger partial charge in [-0.1, -0.05) is 30.2 Å². The summed E-state index contributed by atoms with van der Waals surface area (Å²) in [7, 11) is -4.16. The van der Waals surface area contributed by atoms with Gasteiger partial charge in [-0.05, 0) is 73.1 Å². The highest BCUT2D eigenvalue weighted by Crippen LogP contribution is 2.68. The van der Waals surface area contributed by atoms with Gasteiger partial charge in [-0.2, -0.15) is 45.3 Å². The maximum atomic E-state index is 15.4. The first-order valence-electron chi connectivity index (χ1n) is 17.5. The summed E-state index contributed by atoms with van der Waals surface area (Å²) in [5.41, 5.74) is -4.03. The Balaban J connectivity index is 1.42. The molecule has 0 saturated heterocycles. The minimum absolute atomic E-state index is 0.0338. The number of benzene rings is 2. The van der Waals surface area contributed by atoms with Crippen molar-refractivity contribution in [2.75, 3.05) is 11.0 Å². The van der Waals surface area contributed by atoms with Gasteiger partial charge in [0.15, 0.2) is 11.5 Å². The van der Waals surface area contributed by atoms with Crippen LogP contribution in [0.15, 0.2) is 54.6 Å². The van der Waals surface area contributed by atoms with Crippen LogP contribution in [0.2, 0.25) is 5.02 Å². The van der Waals surface area contributed by atoms with E-state index in [1.807, 2.05) is 4.72 Å². The smallest absolute Gasteiger partial charge is 0.346 e. The number of pyridine rings is 1. The fourth-order valence-electron chi connectivity index (χ4n) is 7.39. The quantitative estimate of drug-likeness (QED) is 0.107. The third kappa shape index (κ3) is 8.52. The van der Waals surface area contributed by atoms with Crippen molar-refractivity contribution in [2.45, 2.75) is 63.1 Å². The Morgan fingerprint density at radius 2 is 1.70 bits per heavy atom. The zero-order chi connectivity index (χ0) is 43.9. The molecule has 2 aliphatic rings. The summed E-state index contributed by atoms with van der Waals surface area (Å²) in [5, 5.41) is 9.20. The maximum Gasteiger partial charge on any atom is 0.435 e. The summed E-state index contributed by atoms with van der Waals surface area (Å²) in [6.45, 7) is 2.28. The average molecular weight is 888 g/mol. The predicted molar refractivity (Wildman–Crippen MR) is 197 cm³/mol. The molecular formula is C38H28ClF10N7O3S. The van der Waals surface area contributed by atoms with Crippen molar-refractivity contribution < 1.29 is 57.1 Å². The molecule has 0 bridgehead atoms. The SMILES string of the molecule is C=C(C)C#Cc1ccc(-c2ccc(Cl)c3c(NS(C)(=O)=O)nn(CC(F)(F)F)c23)c(C(Cc2cc(F)cc(F)c2)NC(=O)Cn2nc(C(F)(F)F)c3c2C(F)(F)[C@@H]2C[C@H]32)n1. The van der Waals surface area contributed by atoms with Crippen LogP contribution in [0.5, 0.6) is 0 Å². The number of amides is 1. The molecule has 1 amide bonds. The molecule has 22 heteroatoms. The highest BCUT2D eigenvalue weighted by molar-refractivity contribution is 7.92. The molecular weight excluding hydrogens is 860 g/mol. The number of hydrogen-bond acceptors (Lipinski definition) is 6. The third-order valence-electron chi connectivity index (χ3n) is 9.59. The van der Waals surface area contributed by atoms with Gasteiger partial charge in [0.05, 0.1) is 33.9 Å². The molecule has 5 aromatic rings. The van der Waals surface area contributed by atoms with E-state index in [9.17, 15) is 48.3 Å². The molecule has 10 nitrogen and oxygen atoms in total. The monoisotopic (exact) mass is 887 g/mol. The highest BCUT2D eigenvalue weighted by Gasteiger charge is 2.68. The number of halogens is 11. The van der Waals surface area contributed by atoms with Crippen molar-refractivity contribution in [3.05, 3.63) is 105 Å². The number of carbonyl (C=O) groups excluding carboxylic acids is 1. The van der Waals surface area contributed by atoms with Crippen molar-refractivity contribution in [3.8, 4) is 23.0 Å². The Kier molecular flexibility index (Phi) is 10.5. The molecule has 1 unspecified atom stereocenters. The summed E-state index contributed by atoms with van der Waals surface area (Å²) < 4.78 is 171. The highest BCUT2D eigenvalue weighted by atomic mass is 35.5. The molecule has 316 valence electrons. The number of aromatic nitrogens is 5. The van der Waals surface area contributed by atoms with Gasteiger partial charge in [-0.3, -0.25) is 18.9 Å². The number of nitrogens with one attached hydrogen (secondary N) is 2. The van der Waals surface area contributed by atoms with Crippen molar-refractivity contribution in [1.82, 2.24) is 29.9 Å². The van der Waals surface area contributed by atoms with Crippen molar-refractivity contribution in [2.24, 2.45) is 5.92 Å². The molecule has 1 saturated carbocycles. The van der Waals surface area contributed by atoms with Gasteiger partial charge < -0.3 is 5.32 Å². The molecule has 7 rings (SSSR count). The summed E-state index contributed by atoms with van der Waals surface area (Å²) in [6.07, 6.45) is -10.1. The molecule has 2 aliphatic carbocycles. The Morgan fingerprint density at radius 3 is 2.32 bits per heavy atom. The molecule has 3 aromatic heterocycles. The first-order valence-corrected chi connectivity index (χ1v) is 19.8. The van der Waals surface area contributed by atoms with Crippen LogP contribution in [0.3, 0.4) is 0 Å². The van der Waals surface area contributed by atoms with Crippen LogP contribution >= 0.6 is 11.6 Å². The first-order chi connectivity index (χ1) is 27.8. The van der Waals surface area contributed by atoms with Crippen LogP contribution in [0.1, 0.15) is 59.2 Å². The molecule has 2 aromatic carbocycles. The van der Waals surface area contributed by atoms with E-state index in [4.69, 9.17) is 11.6 Å². The molecule has 0 spiro atoms. The van der Waals surface area contributed by atoms with Gasteiger partial charge in [-0.25, -0.2) is 22.2 Å². The van der Waals surface area contributed by atoms with E-state index in [0.717, 1.165) is 18.4 Å². The average Bonchev–Trinajstić information content (AvgIpc) is 3.63. The summed E-state index contributed by atoms with van der Waals surface area (Å²) in [6, 6.07) is 5.83. The second-order valence-electron chi connectivity index (χ2n) is 14.4. The van der Waals surface area contributed by atoms with Crippen LogP contribution in [-0.2, 0) is 46.4 Å². The van der Waals surface area contributed by atoms with Gasteiger partial charge in [0.2, 0.25) is 15.9 Å². The van der Waals surface area contributed by atoms with E-state index in [0.29, 0.717) is 16.3 Å². The summed E-state index contributed by atoms with van der Waals surface area (Å²) in [5.74, 6) is -4.81. The standard InChI is InChI=1S/C38H28ClF10N7O3S/c1-17(2)4-5-21-6-7-22(23-8-9-26(39)30-32(23)56(16-36(42,43)44)53-35(30)54-60(3,58)59)31(50-21)27(12-18-10-19(40)13-20(41)11-18)51-28(57)15-55-34-29(33(52-55)38(47,48)49)24-14-25(24)37(34,45)46/h6-11,13,24-25,27H,1,12,14-16H2,2-3H3,(H,51,57)(H,53,54)/t24-,25+,27?/m0/s1. The van der Waals surface area contributed by atoms with Crippen molar-refractivity contribution >= 4 is 44.3 Å². The number of allylic oxidation sites excluding steroid dienone is 1. The lowest BCUT2D eigenvalue weighted by Gasteiger charge is -2.23. The van der Waals surface area contributed by atoms with E-state index < -0.39 is 106 Å². The topological polar surface area (TPSA) is 124 Å². The Labute approximate surface area is 338 Å². The minimum Gasteiger partial charge on any atom is -0.346 e. The van der Waals surface area contributed by atoms with Gasteiger partial charge in [0, 0.05) is 28.7 Å². The van der Waals surface area contributed by atoms with E-state index in [2.05, 4.69) is 38.9 Å². The summed E-state index contributed by atoms with van der Waals surface area (Å²) >= 11 is 6.45. The lowest BCUT2D eigenvalue weighted by molar-refractivity contribution is -0.142. The van der Waals surface area contributed by atoms with E-state index in [1.165, 1.54) is 24.3 Å². The zero-order valence-corrected chi connectivity index (χ0v) is 32.4. The predicted octanol–water partition coefficient (Wildman–Crippen LogP) is 8.42. The number of hydrogen-bond donors (Lipinski definition) is 2. The van der Waals surface area contributed by atoms with Gasteiger partial charge in [0.1, 0.15) is 36.1 Å². The molecule has 3 atom stereocenters. The van der Waals surface area contributed by atoms with Crippen molar-refractivity contribution in [1.29, 1.82) is 0 Å². The van der Waals surface area contributed by atoms with Crippen LogP contribution in [0.4, 0.5) is 49.7 Å². The van der Waals surface area contributed by atoms with Crippen LogP contribution in [0, 0.1) is 29.4 Å². The minimum atomic E-state index is -5.15. The molecule has 1 fully saturated rings. The largest absolute Gasteiger partial charge is 0.435 e. The fourth-order valence-corrected chi connectivity index (χ4v) is 8.12. The second-order valence-corrected chi connectivity index (χ2v) is 16.6. The van der Waals surface area contributed by atoms with E-state index in [-0.39, 0.29) is 55.1 Å². The Morgan fingerprint density at radius 1 is 1.03 bits per heavy atom. The summed E-state index contributed by atoms with van der Waals surface area (Å²) in [4.78, 5) is 18.5. The zero-order valence-electron chi connectivity index (χ0n) is 30.8. The number of alkyl halides is 8. The Hall–Kier alpha value is -5.62. The van der Waals surface area contributed by atoms with Gasteiger partial charge in [0.25, 0.3) is 5.92 Å². The number of sulfonamides is 1. The number of fused-ring (bicyclic) bond motifs is 4. The number of rotatable bonds is 10. The lowest BCUT2D eigenvalue weighted by atomic mass is 9.93. The third-order valence-corrected chi connectivity index (χ3v) is 10.5. The normalized spacial score (nSPS) is 17.4. The van der Waals surface area contributed by atoms with Gasteiger partial charge >= 0.3 is 12.4 Å². The molecule has 3 heterocycles. The van der Waals surface area contributed by atoms with Crippen LogP contribution < -0.4 is 10.0 Å². The van der Waals surface area contributed by atoms with E-state index in [1.54, 1.807) is 6.92 Å². The number of nitrogens with zero attached hydrogens (tertiary/aromatic N) is 5. The van der Waals surface area contributed by atoms with Crippen LogP contribution in [0.25, 0.3) is 22.0 Å². The molecule has 2 N–H and O–H groups in total. The maximum absolute atomic E-state index is 15.4. The van der Waals surface area contributed by atoms with Crippen molar-refractivity contribution in [3.63, 3.8) is 0 Å². The molecule has 0 aliphatic heterocycles. The van der Waals surface area contributed by atoms with Gasteiger partial charge in [-0.15, -0.1) is 0 Å². The Bertz CT molecular complexity index is 2770. The molecule has 60 heavy (non-hydrogen) atoms. The van der Waals surface area contributed by atoms with E-state index >= 15 is 8.78 Å². The fraction of sp³-hybridized carbons (Fsp3) is 0.316. The first kappa shape index (κ1) is 42.5. The lowest BCUT2D eigenvalue weighted by Crippen LogP contribution is -2.35. The number of carbonyl (C=O) groups is 1. The second kappa shape index (κ2) is 14.8. The van der Waals surface area contributed by atoms with Crippen LogP contribution in [-0.4, -0.2) is 51.3 Å². The molecule has 0 radical (unpaired) electrons. The number of anilines is 1.